The maximum Gasteiger partial charge on any atom is 0.0644 e. The van der Waals surface area contributed by atoms with Gasteiger partial charge in [0.1, 0.15) is 0 Å². The fraction of sp³-hybridized carbons (Fsp3) is 0.727. The molecule has 84 valence electrons. The number of halogens is 1. The Morgan fingerprint density at radius 3 is 3.00 bits per heavy atom. The summed E-state index contributed by atoms with van der Waals surface area (Å²) in [5.74, 6) is 0. The van der Waals surface area contributed by atoms with Crippen LogP contribution in [0, 0.1) is 3.57 Å². The number of nitrogens with zero attached hydrogens (tertiary/aromatic N) is 2. The van der Waals surface area contributed by atoms with E-state index >= 15 is 0 Å². The summed E-state index contributed by atoms with van der Waals surface area (Å²) in [6.45, 7) is 3.30. The van der Waals surface area contributed by atoms with Crippen molar-refractivity contribution in [2.24, 2.45) is 0 Å². The van der Waals surface area contributed by atoms with Crippen LogP contribution in [0.4, 0.5) is 0 Å². The topological polar surface area (TPSA) is 29.9 Å². The molecule has 0 aromatic carbocycles. The molecule has 2 rings (SSSR count). The summed E-state index contributed by atoms with van der Waals surface area (Å²) in [7, 11) is 0. The quantitative estimate of drug-likeness (QED) is 0.817. The van der Waals surface area contributed by atoms with Crippen molar-refractivity contribution in [1.29, 1.82) is 0 Å². The molecule has 0 aliphatic heterocycles. The summed E-state index contributed by atoms with van der Waals surface area (Å²) in [5, 5.41) is 7.99. The van der Waals surface area contributed by atoms with E-state index in [0.717, 1.165) is 12.6 Å². The SMILES string of the molecule is CCCC(CNC1CC1)n1cc(I)cn1. The predicted octanol–water partition coefficient (Wildman–Crippen LogP) is 2.58. The molecule has 1 aromatic rings. The van der Waals surface area contributed by atoms with E-state index in [2.05, 4.69) is 50.8 Å². The number of rotatable bonds is 6. The van der Waals surface area contributed by atoms with Crippen LogP contribution >= 0.6 is 22.6 Å². The van der Waals surface area contributed by atoms with Crippen LogP contribution in [0.15, 0.2) is 12.4 Å². The van der Waals surface area contributed by atoms with Gasteiger partial charge in [0.15, 0.2) is 0 Å². The van der Waals surface area contributed by atoms with Crippen molar-refractivity contribution in [2.45, 2.75) is 44.7 Å². The molecular formula is C11H18IN3. The third kappa shape index (κ3) is 3.45. The van der Waals surface area contributed by atoms with Gasteiger partial charge in [-0.3, -0.25) is 4.68 Å². The molecule has 0 amide bonds. The molecule has 15 heavy (non-hydrogen) atoms. The zero-order valence-electron chi connectivity index (χ0n) is 9.12. The standard InChI is InChI=1S/C11H18IN3/c1-2-3-11(7-13-10-4-5-10)15-8-9(12)6-14-15/h6,8,10-11,13H,2-5,7H2,1H3. The van der Waals surface area contributed by atoms with Gasteiger partial charge in [-0.25, -0.2) is 0 Å². The minimum absolute atomic E-state index is 0.527. The van der Waals surface area contributed by atoms with Crippen molar-refractivity contribution in [2.75, 3.05) is 6.54 Å². The zero-order chi connectivity index (χ0) is 10.7. The van der Waals surface area contributed by atoms with E-state index in [1.54, 1.807) is 0 Å². The lowest BCUT2D eigenvalue weighted by atomic mass is 10.1. The maximum absolute atomic E-state index is 4.40. The first-order chi connectivity index (χ1) is 7.29. The van der Waals surface area contributed by atoms with Crippen molar-refractivity contribution < 1.29 is 0 Å². The molecule has 0 saturated heterocycles. The predicted molar refractivity (Wildman–Crippen MR) is 69.9 cm³/mol. The van der Waals surface area contributed by atoms with E-state index in [1.807, 2.05) is 6.20 Å². The normalized spacial score (nSPS) is 18.0. The van der Waals surface area contributed by atoms with E-state index < -0.39 is 0 Å². The van der Waals surface area contributed by atoms with Gasteiger partial charge in [0, 0.05) is 18.8 Å². The van der Waals surface area contributed by atoms with Crippen molar-refractivity contribution in [1.82, 2.24) is 15.1 Å². The van der Waals surface area contributed by atoms with Crippen LogP contribution in [0.25, 0.3) is 0 Å². The highest BCUT2D eigenvalue weighted by Gasteiger charge is 2.22. The fourth-order valence-electron chi connectivity index (χ4n) is 1.77. The third-order valence-electron chi connectivity index (χ3n) is 2.79. The second kappa shape index (κ2) is 5.30. The van der Waals surface area contributed by atoms with Crippen LogP contribution in [0.3, 0.4) is 0 Å². The summed E-state index contributed by atoms with van der Waals surface area (Å²) in [4.78, 5) is 0. The Bertz CT molecular complexity index is 307. The van der Waals surface area contributed by atoms with Crippen molar-refractivity contribution in [3.8, 4) is 0 Å². The molecule has 1 N–H and O–H groups in total. The van der Waals surface area contributed by atoms with Gasteiger partial charge in [-0.15, -0.1) is 0 Å². The van der Waals surface area contributed by atoms with Crippen LogP contribution < -0.4 is 5.32 Å². The van der Waals surface area contributed by atoms with Crippen LogP contribution in [-0.4, -0.2) is 22.4 Å². The first-order valence-electron chi connectivity index (χ1n) is 5.72. The zero-order valence-corrected chi connectivity index (χ0v) is 11.3. The molecule has 0 spiro atoms. The number of hydrogen-bond acceptors (Lipinski definition) is 2. The summed E-state index contributed by atoms with van der Waals surface area (Å²) >= 11 is 2.31. The van der Waals surface area contributed by atoms with Gasteiger partial charge >= 0.3 is 0 Å². The molecule has 1 saturated carbocycles. The molecule has 1 aromatic heterocycles. The highest BCUT2D eigenvalue weighted by Crippen LogP contribution is 2.21. The van der Waals surface area contributed by atoms with Gasteiger partial charge in [-0.2, -0.15) is 5.10 Å². The average molecular weight is 319 g/mol. The Balaban J connectivity index is 1.91. The number of hydrogen-bond donors (Lipinski definition) is 1. The fourth-order valence-corrected chi connectivity index (χ4v) is 2.18. The van der Waals surface area contributed by atoms with Gasteiger partial charge in [-0.05, 0) is 41.9 Å². The lowest BCUT2D eigenvalue weighted by Gasteiger charge is -2.17. The summed E-state index contributed by atoms with van der Waals surface area (Å²) in [6, 6.07) is 1.32. The molecular weight excluding hydrogens is 301 g/mol. The third-order valence-corrected chi connectivity index (χ3v) is 3.34. The Labute approximate surface area is 105 Å². The second-order valence-corrected chi connectivity index (χ2v) is 5.51. The molecule has 0 radical (unpaired) electrons. The Morgan fingerprint density at radius 1 is 1.67 bits per heavy atom. The Morgan fingerprint density at radius 2 is 2.47 bits per heavy atom. The van der Waals surface area contributed by atoms with E-state index in [4.69, 9.17) is 0 Å². The molecule has 1 heterocycles. The minimum atomic E-state index is 0.527. The minimum Gasteiger partial charge on any atom is -0.312 e. The largest absolute Gasteiger partial charge is 0.312 e. The van der Waals surface area contributed by atoms with Gasteiger partial charge in [0.2, 0.25) is 0 Å². The van der Waals surface area contributed by atoms with E-state index in [-0.39, 0.29) is 0 Å². The van der Waals surface area contributed by atoms with E-state index in [1.165, 1.54) is 29.3 Å². The molecule has 1 unspecified atom stereocenters. The van der Waals surface area contributed by atoms with Crippen LogP contribution in [0.5, 0.6) is 0 Å². The average Bonchev–Trinajstić information content (AvgIpc) is 2.95. The lowest BCUT2D eigenvalue weighted by molar-refractivity contribution is 0.394. The van der Waals surface area contributed by atoms with Crippen molar-refractivity contribution in [3.63, 3.8) is 0 Å². The van der Waals surface area contributed by atoms with Gasteiger partial charge in [0.05, 0.1) is 15.8 Å². The van der Waals surface area contributed by atoms with Crippen molar-refractivity contribution >= 4 is 22.6 Å². The summed E-state index contributed by atoms with van der Waals surface area (Å²) in [6.07, 6.45) is 9.20. The van der Waals surface area contributed by atoms with Crippen LogP contribution in [0.1, 0.15) is 38.6 Å². The molecule has 4 heteroatoms. The van der Waals surface area contributed by atoms with E-state index in [9.17, 15) is 0 Å². The Hall–Kier alpha value is -0.100. The number of aromatic nitrogens is 2. The highest BCUT2D eigenvalue weighted by molar-refractivity contribution is 14.1. The molecule has 1 aliphatic carbocycles. The summed E-state index contributed by atoms with van der Waals surface area (Å²) in [5.41, 5.74) is 0. The molecule has 0 bridgehead atoms. The van der Waals surface area contributed by atoms with Crippen molar-refractivity contribution in [3.05, 3.63) is 16.0 Å². The monoisotopic (exact) mass is 319 g/mol. The smallest absolute Gasteiger partial charge is 0.0644 e. The highest BCUT2D eigenvalue weighted by atomic mass is 127. The van der Waals surface area contributed by atoms with Gasteiger partial charge in [0.25, 0.3) is 0 Å². The Kier molecular flexibility index (Phi) is 4.02. The molecule has 1 aliphatic rings. The molecule has 3 nitrogen and oxygen atoms in total. The van der Waals surface area contributed by atoms with E-state index in [0.29, 0.717) is 6.04 Å². The number of nitrogens with one attached hydrogen (secondary N) is 1. The molecule has 1 fully saturated rings. The lowest BCUT2D eigenvalue weighted by Crippen LogP contribution is -2.27. The van der Waals surface area contributed by atoms with Gasteiger partial charge < -0.3 is 5.32 Å². The first kappa shape index (κ1) is 11.4. The second-order valence-electron chi connectivity index (χ2n) is 4.26. The van der Waals surface area contributed by atoms with Crippen LogP contribution in [-0.2, 0) is 0 Å². The summed E-state index contributed by atoms with van der Waals surface area (Å²) < 4.78 is 3.33. The first-order valence-corrected chi connectivity index (χ1v) is 6.80. The van der Waals surface area contributed by atoms with Gasteiger partial charge in [-0.1, -0.05) is 13.3 Å². The maximum atomic E-state index is 4.40. The van der Waals surface area contributed by atoms with Crippen LogP contribution in [0.2, 0.25) is 0 Å². The molecule has 1 atom stereocenters.